The van der Waals surface area contributed by atoms with Crippen LogP contribution in [0.2, 0.25) is 0 Å². The lowest BCUT2D eigenvalue weighted by Gasteiger charge is -2.17. The summed E-state index contributed by atoms with van der Waals surface area (Å²) in [4.78, 5) is 15.5. The number of nitrogens with one attached hydrogen (secondary N) is 1. The van der Waals surface area contributed by atoms with Crippen LogP contribution in [-0.4, -0.2) is 24.4 Å². The summed E-state index contributed by atoms with van der Waals surface area (Å²) in [5, 5.41) is 6.10. The molecule has 5 heteroatoms. The van der Waals surface area contributed by atoms with Crippen molar-refractivity contribution in [2.24, 2.45) is 0 Å². The molecule has 23 heavy (non-hydrogen) atoms. The molecule has 4 nitrogen and oxygen atoms in total. The molecule has 0 aliphatic rings. The number of carbonyl (C=O) groups is 1. The Morgan fingerprint density at radius 2 is 2.13 bits per heavy atom. The predicted octanol–water partition coefficient (Wildman–Crippen LogP) is 3.80. The van der Waals surface area contributed by atoms with Crippen LogP contribution in [0.4, 0.5) is 0 Å². The third kappa shape index (κ3) is 4.00. The van der Waals surface area contributed by atoms with E-state index in [1.165, 1.54) is 4.88 Å². The Balaban J connectivity index is 1.56. The molecular weight excluding hydrogens is 308 g/mol. The van der Waals surface area contributed by atoms with E-state index in [9.17, 15) is 4.79 Å². The lowest BCUT2D eigenvalue weighted by Crippen LogP contribution is -2.36. The molecule has 1 amide bonds. The minimum absolute atomic E-state index is 0.00277. The SMILES string of the molecule is C[C@H](NC(=O)CN(C)Cc1cccs1)c1cc2ccccc2o1. The first-order chi connectivity index (χ1) is 11.1. The van der Waals surface area contributed by atoms with Crippen molar-refractivity contribution in [3.8, 4) is 0 Å². The monoisotopic (exact) mass is 328 g/mol. The maximum Gasteiger partial charge on any atom is 0.234 e. The van der Waals surface area contributed by atoms with Crippen LogP contribution in [0.1, 0.15) is 23.6 Å². The molecule has 0 unspecified atom stereocenters. The van der Waals surface area contributed by atoms with Crippen LogP contribution in [0, 0.1) is 0 Å². The Labute approximate surface area is 139 Å². The smallest absolute Gasteiger partial charge is 0.234 e. The lowest BCUT2D eigenvalue weighted by atomic mass is 10.2. The van der Waals surface area contributed by atoms with E-state index in [0.29, 0.717) is 6.54 Å². The molecule has 1 aromatic carbocycles. The number of benzene rings is 1. The van der Waals surface area contributed by atoms with E-state index in [1.807, 2.05) is 60.6 Å². The van der Waals surface area contributed by atoms with Crippen molar-refractivity contribution in [1.29, 1.82) is 0 Å². The summed E-state index contributed by atoms with van der Waals surface area (Å²) in [7, 11) is 1.95. The Morgan fingerprint density at radius 3 is 2.87 bits per heavy atom. The molecular formula is C18H20N2O2S. The Kier molecular flexibility index (Phi) is 4.79. The largest absolute Gasteiger partial charge is 0.459 e. The van der Waals surface area contributed by atoms with Crippen LogP contribution >= 0.6 is 11.3 Å². The third-order valence-electron chi connectivity index (χ3n) is 3.67. The van der Waals surface area contributed by atoms with Crippen LogP contribution in [-0.2, 0) is 11.3 Å². The van der Waals surface area contributed by atoms with E-state index in [2.05, 4.69) is 11.4 Å². The number of para-hydroxylation sites is 1. The molecule has 1 N–H and O–H groups in total. The van der Waals surface area contributed by atoms with Crippen LogP contribution < -0.4 is 5.32 Å². The molecule has 0 saturated carbocycles. The first-order valence-corrected chi connectivity index (χ1v) is 8.48. The quantitative estimate of drug-likeness (QED) is 0.748. The van der Waals surface area contributed by atoms with E-state index < -0.39 is 0 Å². The van der Waals surface area contributed by atoms with Crippen LogP contribution in [0.15, 0.2) is 52.3 Å². The first-order valence-electron chi connectivity index (χ1n) is 7.60. The molecule has 3 rings (SSSR count). The van der Waals surface area contributed by atoms with E-state index in [1.54, 1.807) is 11.3 Å². The highest BCUT2D eigenvalue weighted by Gasteiger charge is 2.15. The summed E-state index contributed by atoms with van der Waals surface area (Å²) in [6.45, 7) is 3.08. The number of amides is 1. The molecule has 0 aliphatic carbocycles. The molecule has 3 aromatic rings. The van der Waals surface area contributed by atoms with Gasteiger partial charge in [-0.3, -0.25) is 9.69 Å². The van der Waals surface area contributed by atoms with Gasteiger partial charge < -0.3 is 9.73 Å². The molecule has 0 spiro atoms. The summed E-state index contributed by atoms with van der Waals surface area (Å²) in [6.07, 6.45) is 0. The number of rotatable bonds is 6. The van der Waals surface area contributed by atoms with Gasteiger partial charge in [-0.1, -0.05) is 24.3 Å². The topological polar surface area (TPSA) is 45.5 Å². The standard InChI is InChI=1S/C18H20N2O2S/c1-13(17-10-14-6-3-4-8-16(14)22-17)19-18(21)12-20(2)11-15-7-5-9-23-15/h3-10,13H,11-12H2,1-2H3,(H,19,21)/t13-/m0/s1. The van der Waals surface area contributed by atoms with Crippen molar-refractivity contribution in [3.63, 3.8) is 0 Å². The summed E-state index contributed by atoms with van der Waals surface area (Å²) in [5.74, 6) is 0.775. The maximum absolute atomic E-state index is 12.2. The Bertz CT molecular complexity index is 746. The van der Waals surface area contributed by atoms with Gasteiger partial charge in [0.15, 0.2) is 0 Å². The number of nitrogens with zero attached hydrogens (tertiary/aromatic N) is 1. The zero-order valence-corrected chi connectivity index (χ0v) is 14.1. The lowest BCUT2D eigenvalue weighted by molar-refractivity contribution is -0.122. The summed E-state index contributed by atoms with van der Waals surface area (Å²) in [6, 6.07) is 13.8. The van der Waals surface area contributed by atoms with Gasteiger partial charge in [-0.05, 0) is 37.6 Å². The minimum Gasteiger partial charge on any atom is -0.459 e. The number of likely N-dealkylation sites (N-methyl/N-ethyl adjacent to an activating group) is 1. The highest BCUT2D eigenvalue weighted by molar-refractivity contribution is 7.09. The average Bonchev–Trinajstić information content (AvgIpc) is 3.15. The fourth-order valence-electron chi connectivity index (χ4n) is 2.54. The molecule has 0 bridgehead atoms. The predicted molar refractivity (Wildman–Crippen MR) is 93.4 cm³/mol. The summed E-state index contributed by atoms with van der Waals surface area (Å²) in [5.41, 5.74) is 0.846. The van der Waals surface area contributed by atoms with E-state index in [-0.39, 0.29) is 11.9 Å². The van der Waals surface area contributed by atoms with Crippen LogP contribution in [0.25, 0.3) is 11.0 Å². The molecule has 0 saturated heterocycles. The zero-order chi connectivity index (χ0) is 16.2. The van der Waals surface area contributed by atoms with Gasteiger partial charge in [-0.25, -0.2) is 0 Å². The summed E-state index contributed by atoms with van der Waals surface area (Å²) < 4.78 is 5.79. The normalized spacial score (nSPS) is 12.7. The number of carbonyl (C=O) groups excluding carboxylic acids is 1. The van der Waals surface area contributed by atoms with Crippen molar-refractivity contribution in [2.75, 3.05) is 13.6 Å². The van der Waals surface area contributed by atoms with Crippen molar-refractivity contribution in [2.45, 2.75) is 19.5 Å². The number of hydrogen-bond donors (Lipinski definition) is 1. The molecule has 2 aromatic heterocycles. The van der Waals surface area contributed by atoms with Crippen molar-refractivity contribution in [3.05, 3.63) is 58.5 Å². The Hall–Kier alpha value is -2.11. The van der Waals surface area contributed by atoms with Crippen molar-refractivity contribution >= 4 is 28.2 Å². The number of fused-ring (bicyclic) bond motifs is 1. The second-order valence-corrected chi connectivity index (χ2v) is 6.76. The van der Waals surface area contributed by atoms with Gasteiger partial charge in [-0.2, -0.15) is 0 Å². The first kappa shape index (κ1) is 15.8. The highest BCUT2D eigenvalue weighted by atomic mass is 32.1. The molecule has 0 radical (unpaired) electrons. The van der Waals surface area contributed by atoms with E-state index in [0.717, 1.165) is 23.3 Å². The second kappa shape index (κ2) is 6.98. The number of hydrogen-bond acceptors (Lipinski definition) is 4. The van der Waals surface area contributed by atoms with Gasteiger partial charge in [0, 0.05) is 16.8 Å². The molecule has 0 aliphatic heterocycles. The second-order valence-electron chi connectivity index (χ2n) is 5.73. The number of thiophene rings is 1. The van der Waals surface area contributed by atoms with Crippen molar-refractivity contribution < 1.29 is 9.21 Å². The van der Waals surface area contributed by atoms with Gasteiger partial charge >= 0.3 is 0 Å². The highest BCUT2D eigenvalue weighted by Crippen LogP contribution is 2.23. The minimum atomic E-state index is -0.148. The zero-order valence-electron chi connectivity index (χ0n) is 13.3. The van der Waals surface area contributed by atoms with Gasteiger partial charge in [-0.15, -0.1) is 11.3 Å². The van der Waals surface area contributed by atoms with Gasteiger partial charge in [0.1, 0.15) is 11.3 Å². The van der Waals surface area contributed by atoms with Crippen molar-refractivity contribution in [1.82, 2.24) is 10.2 Å². The molecule has 120 valence electrons. The molecule has 0 fully saturated rings. The van der Waals surface area contributed by atoms with E-state index >= 15 is 0 Å². The van der Waals surface area contributed by atoms with Gasteiger partial charge in [0.2, 0.25) is 5.91 Å². The Morgan fingerprint density at radius 1 is 1.30 bits per heavy atom. The maximum atomic E-state index is 12.2. The fraction of sp³-hybridized carbons (Fsp3) is 0.278. The summed E-state index contributed by atoms with van der Waals surface area (Å²) >= 11 is 1.70. The third-order valence-corrected chi connectivity index (χ3v) is 4.53. The van der Waals surface area contributed by atoms with Crippen LogP contribution in [0.3, 0.4) is 0 Å². The fourth-order valence-corrected chi connectivity index (χ4v) is 3.33. The average molecular weight is 328 g/mol. The van der Waals surface area contributed by atoms with Crippen LogP contribution in [0.5, 0.6) is 0 Å². The van der Waals surface area contributed by atoms with E-state index in [4.69, 9.17) is 4.42 Å². The number of furan rings is 1. The van der Waals surface area contributed by atoms with Gasteiger partial charge in [0.05, 0.1) is 12.6 Å². The van der Waals surface area contributed by atoms with Gasteiger partial charge in [0.25, 0.3) is 0 Å². The molecule has 2 heterocycles. The molecule has 1 atom stereocenters.